The van der Waals surface area contributed by atoms with Gasteiger partial charge >= 0.3 is 0 Å². The lowest BCUT2D eigenvalue weighted by Gasteiger charge is -2.33. The van der Waals surface area contributed by atoms with Crippen molar-refractivity contribution in [2.24, 2.45) is 0 Å². The predicted octanol–water partition coefficient (Wildman–Crippen LogP) is 3.37. The van der Waals surface area contributed by atoms with Gasteiger partial charge in [0.2, 0.25) is 0 Å². The van der Waals surface area contributed by atoms with Crippen molar-refractivity contribution in [2.45, 2.75) is 24.3 Å². The van der Waals surface area contributed by atoms with Crippen molar-refractivity contribution in [1.82, 2.24) is 23.6 Å². The minimum absolute atomic E-state index is 0.281. The quantitative estimate of drug-likeness (QED) is 0.511. The van der Waals surface area contributed by atoms with Gasteiger partial charge < -0.3 is 4.42 Å². The van der Waals surface area contributed by atoms with E-state index in [2.05, 4.69) is 10.00 Å². The number of furan rings is 1. The maximum atomic E-state index is 12.7. The third-order valence-electron chi connectivity index (χ3n) is 4.79. The Morgan fingerprint density at radius 3 is 2.59 bits per heavy atom. The van der Waals surface area contributed by atoms with E-state index in [0.717, 1.165) is 11.3 Å². The standard InChI is InChI=1S/C17H20ClN5O3S3/c1-2-22-16(13-4-3-11-26-13)19-23(17(22)27)12-20-7-9-21(10-8-20)29(24,25)15-6-5-14(18)28-15/h3-6,11H,2,7-10,12H2,1H3. The molecule has 0 bridgehead atoms. The third-order valence-corrected chi connectivity index (χ3v) is 8.82. The molecule has 29 heavy (non-hydrogen) atoms. The van der Waals surface area contributed by atoms with E-state index in [1.54, 1.807) is 23.1 Å². The summed E-state index contributed by atoms with van der Waals surface area (Å²) in [5.41, 5.74) is 0. The topological polar surface area (TPSA) is 76.5 Å². The van der Waals surface area contributed by atoms with E-state index in [1.807, 2.05) is 23.6 Å². The lowest BCUT2D eigenvalue weighted by Crippen LogP contribution is -2.48. The van der Waals surface area contributed by atoms with Crippen LogP contribution < -0.4 is 0 Å². The maximum absolute atomic E-state index is 12.7. The van der Waals surface area contributed by atoms with Crippen LogP contribution in [0, 0.1) is 4.77 Å². The minimum atomic E-state index is -3.50. The van der Waals surface area contributed by atoms with E-state index in [0.29, 0.717) is 60.1 Å². The molecule has 0 radical (unpaired) electrons. The van der Waals surface area contributed by atoms with Crippen molar-refractivity contribution in [3.8, 4) is 11.6 Å². The summed E-state index contributed by atoms with van der Waals surface area (Å²) in [7, 11) is -3.50. The minimum Gasteiger partial charge on any atom is -0.461 e. The number of piperazine rings is 1. The van der Waals surface area contributed by atoms with Gasteiger partial charge in [-0.1, -0.05) is 11.6 Å². The Bertz CT molecular complexity index is 1140. The molecule has 3 aromatic rings. The monoisotopic (exact) mass is 473 g/mol. The van der Waals surface area contributed by atoms with Crippen molar-refractivity contribution in [3.05, 3.63) is 39.6 Å². The molecular weight excluding hydrogens is 454 g/mol. The number of thiophene rings is 1. The van der Waals surface area contributed by atoms with Crippen LogP contribution in [0.5, 0.6) is 0 Å². The van der Waals surface area contributed by atoms with Crippen LogP contribution in [-0.2, 0) is 23.2 Å². The summed E-state index contributed by atoms with van der Waals surface area (Å²) in [4.78, 5) is 2.14. The molecule has 0 saturated carbocycles. The van der Waals surface area contributed by atoms with Crippen molar-refractivity contribution >= 4 is 45.2 Å². The SMILES string of the molecule is CCn1c(-c2ccco2)nn(CN2CCN(S(=O)(=O)c3ccc(Cl)s3)CC2)c1=S. The molecule has 0 N–H and O–H groups in total. The zero-order valence-corrected chi connectivity index (χ0v) is 18.9. The largest absolute Gasteiger partial charge is 0.461 e. The van der Waals surface area contributed by atoms with E-state index in [4.69, 9.17) is 28.2 Å². The maximum Gasteiger partial charge on any atom is 0.252 e. The highest BCUT2D eigenvalue weighted by Crippen LogP contribution is 2.28. The van der Waals surface area contributed by atoms with E-state index in [9.17, 15) is 8.42 Å². The number of sulfonamides is 1. The average Bonchev–Trinajstić information content (AvgIpc) is 3.44. The van der Waals surface area contributed by atoms with Crippen LogP contribution in [0.4, 0.5) is 0 Å². The first-order valence-electron chi connectivity index (χ1n) is 9.09. The summed E-state index contributed by atoms with van der Waals surface area (Å²) in [5.74, 6) is 1.36. The highest BCUT2D eigenvalue weighted by molar-refractivity contribution is 7.91. The zero-order chi connectivity index (χ0) is 20.6. The predicted molar refractivity (Wildman–Crippen MR) is 114 cm³/mol. The molecule has 156 valence electrons. The molecule has 1 aliphatic heterocycles. The Balaban J connectivity index is 1.46. The van der Waals surface area contributed by atoms with E-state index in [1.165, 1.54) is 4.31 Å². The van der Waals surface area contributed by atoms with Gasteiger partial charge in [0.15, 0.2) is 16.4 Å². The van der Waals surface area contributed by atoms with Crippen molar-refractivity contribution in [1.29, 1.82) is 0 Å². The van der Waals surface area contributed by atoms with E-state index < -0.39 is 10.0 Å². The lowest BCUT2D eigenvalue weighted by molar-refractivity contribution is 0.144. The molecule has 4 heterocycles. The molecular formula is C17H20ClN5O3S3. The van der Waals surface area contributed by atoms with Gasteiger partial charge in [-0.2, -0.15) is 4.31 Å². The van der Waals surface area contributed by atoms with Crippen LogP contribution in [0.15, 0.2) is 39.2 Å². The fourth-order valence-electron chi connectivity index (χ4n) is 3.27. The molecule has 1 saturated heterocycles. The Labute approximate surface area is 183 Å². The fraction of sp³-hybridized carbons (Fsp3) is 0.412. The number of rotatable bonds is 6. The molecule has 3 aromatic heterocycles. The second-order valence-electron chi connectivity index (χ2n) is 6.55. The third kappa shape index (κ3) is 4.07. The summed E-state index contributed by atoms with van der Waals surface area (Å²) in [6.07, 6.45) is 1.61. The first kappa shape index (κ1) is 20.8. The van der Waals surface area contributed by atoms with Crippen LogP contribution in [0.2, 0.25) is 4.34 Å². The van der Waals surface area contributed by atoms with Gasteiger partial charge in [-0.25, -0.2) is 13.1 Å². The molecule has 1 fully saturated rings. The molecule has 0 aromatic carbocycles. The first-order chi connectivity index (χ1) is 13.9. The molecule has 0 aliphatic carbocycles. The number of aromatic nitrogens is 3. The molecule has 8 nitrogen and oxygen atoms in total. The normalized spacial score (nSPS) is 16.5. The summed E-state index contributed by atoms with van der Waals surface area (Å²) in [6.45, 7) is 5.19. The molecule has 4 rings (SSSR count). The van der Waals surface area contributed by atoms with Gasteiger partial charge in [0.1, 0.15) is 4.21 Å². The molecule has 0 unspecified atom stereocenters. The summed E-state index contributed by atoms with van der Waals surface area (Å²) in [5, 5.41) is 4.63. The molecule has 0 spiro atoms. The second kappa shape index (κ2) is 8.32. The zero-order valence-electron chi connectivity index (χ0n) is 15.7. The number of hydrogen-bond donors (Lipinski definition) is 0. The Morgan fingerprint density at radius 1 is 1.24 bits per heavy atom. The van der Waals surface area contributed by atoms with Crippen molar-refractivity contribution in [2.75, 3.05) is 26.2 Å². The number of halogens is 1. The molecule has 0 amide bonds. The first-order valence-corrected chi connectivity index (χ1v) is 12.1. The molecule has 12 heteroatoms. The fourth-order valence-corrected chi connectivity index (χ4v) is 6.64. The number of hydrogen-bond acceptors (Lipinski definition) is 7. The Kier molecular flexibility index (Phi) is 5.96. The van der Waals surface area contributed by atoms with Gasteiger partial charge in [-0.15, -0.1) is 16.4 Å². The van der Waals surface area contributed by atoms with Crippen LogP contribution in [0.1, 0.15) is 6.92 Å². The van der Waals surface area contributed by atoms with Gasteiger partial charge in [0, 0.05) is 32.7 Å². The lowest BCUT2D eigenvalue weighted by atomic mass is 10.4. The summed E-state index contributed by atoms with van der Waals surface area (Å²) in [6, 6.07) is 6.84. The van der Waals surface area contributed by atoms with Gasteiger partial charge in [-0.05, 0) is 43.4 Å². The Hall–Kier alpha value is -1.50. The summed E-state index contributed by atoms with van der Waals surface area (Å²) >= 11 is 12.6. The van der Waals surface area contributed by atoms with Gasteiger partial charge in [0.25, 0.3) is 10.0 Å². The highest BCUT2D eigenvalue weighted by Gasteiger charge is 2.30. The molecule has 0 atom stereocenters. The van der Waals surface area contributed by atoms with Gasteiger partial charge in [0.05, 0.1) is 17.3 Å². The van der Waals surface area contributed by atoms with Crippen LogP contribution in [-0.4, -0.2) is 58.1 Å². The van der Waals surface area contributed by atoms with E-state index in [-0.39, 0.29) is 4.21 Å². The van der Waals surface area contributed by atoms with Crippen LogP contribution >= 0.6 is 35.2 Å². The second-order valence-corrected chi connectivity index (χ2v) is 10.8. The van der Waals surface area contributed by atoms with Crippen LogP contribution in [0.25, 0.3) is 11.6 Å². The van der Waals surface area contributed by atoms with Crippen molar-refractivity contribution < 1.29 is 12.8 Å². The van der Waals surface area contributed by atoms with E-state index >= 15 is 0 Å². The van der Waals surface area contributed by atoms with Crippen molar-refractivity contribution in [3.63, 3.8) is 0 Å². The Morgan fingerprint density at radius 2 is 2.00 bits per heavy atom. The summed E-state index contributed by atoms with van der Waals surface area (Å²) < 4.78 is 37.5. The molecule has 1 aliphatic rings. The number of nitrogens with zero attached hydrogens (tertiary/aromatic N) is 5. The van der Waals surface area contributed by atoms with Gasteiger partial charge in [-0.3, -0.25) is 9.47 Å². The van der Waals surface area contributed by atoms with Crippen LogP contribution in [0.3, 0.4) is 0 Å². The highest BCUT2D eigenvalue weighted by atomic mass is 35.5. The smallest absolute Gasteiger partial charge is 0.252 e. The average molecular weight is 474 g/mol.